The van der Waals surface area contributed by atoms with E-state index in [1.807, 2.05) is 0 Å². The molecule has 6 heteroatoms. The molecule has 1 heterocycles. The zero-order valence-electron chi connectivity index (χ0n) is 10.9. The molecule has 1 fully saturated rings. The predicted molar refractivity (Wildman–Crippen MR) is 65.6 cm³/mol. The highest BCUT2D eigenvalue weighted by Gasteiger charge is 2.32. The predicted octanol–water partition coefficient (Wildman–Crippen LogP) is 1.52. The van der Waals surface area contributed by atoms with Crippen molar-refractivity contribution in [3.8, 4) is 0 Å². The maximum Gasteiger partial charge on any atom is 0.333 e. The van der Waals surface area contributed by atoms with E-state index in [0.29, 0.717) is 17.9 Å². The van der Waals surface area contributed by atoms with E-state index in [2.05, 4.69) is 0 Å². The zero-order valence-corrected chi connectivity index (χ0v) is 10.9. The van der Waals surface area contributed by atoms with E-state index in [9.17, 15) is 19.2 Å². The van der Waals surface area contributed by atoms with Gasteiger partial charge in [0.05, 0.1) is 0 Å². The third-order valence-electron chi connectivity index (χ3n) is 2.90. The van der Waals surface area contributed by atoms with Crippen molar-refractivity contribution in [2.24, 2.45) is 0 Å². The van der Waals surface area contributed by atoms with Gasteiger partial charge in [-0.1, -0.05) is 19.3 Å². The van der Waals surface area contributed by atoms with Gasteiger partial charge in [0.1, 0.15) is 6.29 Å². The summed E-state index contributed by atoms with van der Waals surface area (Å²) in [4.78, 5) is 48.6. The maximum atomic E-state index is 11.4. The Balaban J connectivity index is 2.06. The van der Waals surface area contributed by atoms with Crippen LogP contribution < -0.4 is 0 Å². The summed E-state index contributed by atoms with van der Waals surface area (Å²) in [5, 5.41) is 0.576. The molecular weight excluding hydrogens is 250 g/mol. The average molecular weight is 269 g/mol. The first kappa shape index (κ1) is 15.3. The molecule has 0 N–H and O–H groups in total. The second-order valence-corrected chi connectivity index (χ2v) is 4.52. The van der Waals surface area contributed by atoms with Crippen molar-refractivity contribution < 1.29 is 24.0 Å². The van der Waals surface area contributed by atoms with Crippen LogP contribution in [0, 0.1) is 0 Å². The van der Waals surface area contributed by atoms with Crippen molar-refractivity contribution in [2.45, 2.75) is 57.8 Å². The van der Waals surface area contributed by atoms with Crippen molar-refractivity contribution >= 4 is 24.1 Å². The summed E-state index contributed by atoms with van der Waals surface area (Å²) >= 11 is 0. The molecule has 1 aliphatic rings. The Labute approximate surface area is 112 Å². The van der Waals surface area contributed by atoms with E-state index in [0.717, 1.165) is 32.0 Å². The maximum absolute atomic E-state index is 11.4. The van der Waals surface area contributed by atoms with Crippen LogP contribution in [0.3, 0.4) is 0 Å². The van der Waals surface area contributed by atoms with Gasteiger partial charge in [0.15, 0.2) is 0 Å². The van der Waals surface area contributed by atoms with Crippen LogP contribution in [-0.2, 0) is 24.0 Å². The lowest BCUT2D eigenvalue weighted by Gasteiger charge is -2.12. The standard InChI is InChI=1S/C13H19NO5/c15-10-6-4-2-1-3-5-7-13(18)19-14-11(16)8-9-12(14)17/h10H,1-9H2. The van der Waals surface area contributed by atoms with Crippen molar-refractivity contribution in [1.29, 1.82) is 0 Å². The van der Waals surface area contributed by atoms with Gasteiger partial charge in [-0.05, 0) is 12.8 Å². The first-order valence-electron chi connectivity index (χ1n) is 6.65. The summed E-state index contributed by atoms with van der Waals surface area (Å²) in [5.41, 5.74) is 0. The highest BCUT2D eigenvalue weighted by atomic mass is 16.7. The van der Waals surface area contributed by atoms with Gasteiger partial charge in [-0.25, -0.2) is 4.79 Å². The molecule has 0 atom stereocenters. The summed E-state index contributed by atoms with van der Waals surface area (Å²) in [5.74, 6) is -1.45. The van der Waals surface area contributed by atoms with Crippen LogP contribution in [0.5, 0.6) is 0 Å². The molecule has 0 aliphatic carbocycles. The van der Waals surface area contributed by atoms with E-state index >= 15 is 0 Å². The molecule has 0 aromatic rings. The molecule has 2 amide bonds. The fourth-order valence-corrected chi connectivity index (χ4v) is 1.83. The topological polar surface area (TPSA) is 80.8 Å². The number of hydrogen-bond acceptors (Lipinski definition) is 5. The summed E-state index contributed by atoms with van der Waals surface area (Å²) in [6.45, 7) is 0. The van der Waals surface area contributed by atoms with E-state index in [1.54, 1.807) is 0 Å². The number of hydroxylamine groups is 2. The van der Waals surface area contributed by atoms with Gasteiger partial charge < -0.3 is 9.63 Å². The summed E-state index contributed by atoms with van der Waals surface area (Å²) < 4.78 is 0. The SMILES string of the molecule is O=CCCCCCCCC(=O)ON1C(=O)CCC1=O. The summed E-state index contributed by atoms with van der Waals surface area (Å²) in [6, 6.07) is 0. The number of amides is 2. The van der Waals surface area contributed by atoms with E-state index < -0.39 is 17.8 Å². The minimum absolute atomic E-state index is 0.114. The smallest absolute Gasteiger partial charge is 0.330 e. The van der Waals surface area contributed by atoms with Gasteiger partial charge in [0, 0.05) is 25.7 Å². The first-order chi connectivity index (χ1) is 9.15. The van der Waals surface area contributed by atoms with Crippen molar-refractivity contribution in [3.63, 3.8) is 0 Å². The number of hydrogen-bond donors (Lipinski definition) is 0. The molecule has 0 unspecified atom stereocenters. The molecule has 6 nitrogen and oxygen atoms in total. The Morgan fingerprint density at radius 1 is 1.05 bits per heavy atom. The number of unbranched alkanes of at least 4 members (excludes halogenated alkanes) is 5. The van der Waals surface area contributed by atoms with Crippen molar-refractivity contribution in [3.05, 3.63) is 0 Å². The molecule has 0 aromatic heterocycles. The minimum Gasteiger partial charge on any atom is -0.330 e. The summed E-state index contributed by atoms with van der Waals surface area (Å²) in [6.07, 6.45) is 6.26. The van der Waals surface area contributed by atoms with Crippen molar-refractivity contribution in [2.75, 3.05) is 0 Å². The van der Waals surface area contributed by atoms with Crippen LogP contribution in [0.15, 0.2) is 0 Å². The van der Waals surface area contributed by atoms with Gasteiger partial charge in [0.25, 0.3) is 11.8 Å². The number of carbonyl (C=O) groups is 4. The second kappa shape index (κ2) is 8.39. The molecule has 0 aromatic carbocycles. The van der Waals surface area contributed by atoms with Gasteiger partial charge in [-0.3, -0.25) is 9.59 Å². The Morgan fingerprint density at radius 3 is 2.26 bits per heavy atom. The highest BCUT2D eigenvalue weighted by Crippen LogP contribution is 2.13. The Kier molecular flexibility index (Phi) is 6.78. The second-order valence-electron chi connectivity index (χ2n) is 4.52. The fraction of sp³-hybridized carbons (Fsp3) is 0.692. The Bertz CT molecular complexity index is 337. The van der Waals surface area contributed by atoms with Crippen LogP contribution in [0.1, 0.15) is 57.8 Å². The first-order valence-corrected chi connectivity index (χ1v) is 6.65. The third kappa shape index (κ3) is 5.63. The van der Waals surface area contributed by atoms with Crippen LogP contribution in [0.2, 0.25) is 0 Å². The van der Waals surface area contributed by atoms with E-state index in [4.69, 9.17) is 4.84 Å². The van der Waals surface area contributed by atoms with Crippen molar-refractivity contribution in [1.82, 2.24) is 5.06 Å². The quantitative estimate of drug-likeness (QED) is 0.360. The third-order valence-corrected chi connectivity index (χ3v) is 2.90. The zero-order chi connectivity index (χ0) is 14.1. The molecule has 1 aliphatic heterocycles. The van der Waals surface area contributed by atoms with Gasteiger partial charge >= 0.3 is 5.97 Å². The monoisotopic (exact) mass is 269 g/mol. The molecule has 19 heavy (non-hydrogen) atoms. The van der Waals surface area contributed by atoms with E-state index in [-0.39, 0.29) is 19.3 Å². The lowest BCUT2D eigenvalue weighted by Crippen LogP contribution is -2.31. The molecule has 1 saturated heterocycles. The number of nitrogens with zero attached hydrogens (tertiary/aromatic N) is 1. The van der Waals surface area contributed by atoms with Crippen LogP contribution >= 0.6 is 0 Å². The highest BCUT2D eigenvalue weighted by molar-refractivity contribution is 6.01. The normalized spacial score (nSPS) is 14.8. The number of carbonyl (C=O) groups excluding carboxylic acids is 4. The Hall–Kier alpha value is -1.72. The molecule has 0 radical (unpaired) electrons. The van der Waals surface area contributed by atoms with Crippen LogP contribution in [0.25, 0.3) is 0 Å². The van der Waals surface area contributed by atoms with Crippen LogP contribution in [-0.4, -0.2) is 29.1 Å². The molecular formula is C13H19NO5. The summed E-state index contributed by atoms with van der Waals surface area (Å²) in [7, 11) is 0. The minimum atomic E-state index is -0.545. The van der Waals surface area contributed by atoms with Gasteiger partial charge in [-0.2, -0.15) is 0 Å². The molecule has 0 spiro atoms. The number of aldehydes is 1. The fourth-order valence-electron chi connectivity index (χ4n) is 1.83. The molecule has 1 rings (SSSR count). The molecule has 0 bridgehead atoms. The van der Waals surface area contributed by atoms with Gasteiger partial charge in [-0.15, -0.1) is 5.06 Å². The lowest BCUT2D eigenvalue weighted by atomic mass is 10.1. The largest absolute Gasteiger partial charge is 0.333 e. The Morgan fingerprint density at radius 2 is 1.63 bits per heavy atom. The van der Waals surface area contributed by atoms with Gasteiger partial charge in [0.2, 0.25) is 0 Å². The lowest BCUT2D eigenvalue weighted by molar-refractivity contribution is -0.197. The number of imide groups is 1. The average Bonchev–Trinajstić information content (AvgIpc) is 2.69. The molecule has 106 valence electrons. The molecule has 0 saturated carbocycles. The number of rotatable bonds is 9. The van der Waals surface area contributed by atoms with Crippen LogP contribution in [0.4, 0.5) is 0 Å². The van der Waals surface area contributed by atoms with E-state index in [1.165, 1.54) is 0 Å².